The Kier molecular flexibility index (Phi) is 5.90. The molecule has 102 valence electrons. The van der Waals surface area contributed by atoms with E-state index in [9.17, 15) is 0 Å². The molecule has 0 bridgehead atoms. The predicted molar refractivity (Wildman–Crippen MR) is 84.6 cm³/mol. The van der Waals surface area contributed by atoms with Gasteiger partial charge in [0.25, 0.3) is 0 Å². The van der Waals surface area contributed by atoms with Crippen LogP contribution in [0.5, 0.6) is 0 Å². The van der Waals surface area contributed by atoms with E-state index in [0.29, 0.717) is 5.57 Å². The van der Waals surface area contributed by atoms with Gasteiger partial charge in [0.1, 0.15) is 17.7 Å². The van der Waals surface area contributed by atoms with Crippen LogP contribution in [0.15, 0.2) is 40.9 Å². The smallest absolute Gasteiger partial charge is 0.137 e. The van der Waals surface area contributed by atoms with Crippen molar-refractivity contribution >= 4 is 17.3 Å². The van der Waals surface area contributed by atoms with Crippen molar-refractivity contribution in [3.05, 3.63) is 52.1 Å². The second kappa shape index (κ2) is 7.43. The summed E-state index contributed by atoms with van der Waals surface area (Å²) in [5.74, 6) is 0. The summed E-state index contributed by atoms with van der Waals surface area (Å²) in [6, 6.07) is 11.8. The van der Waals surface area contributed by atoms with Crippen LogP contribution in [0.1, 0.15) is 11.1 Å². The molecule has 1 aromatic carbocycles. The van der Waals surface area contributed by atoms with E-state index in [1.807, 2.05) is 74.7 Å². The molecule has 1 aromatic rings. The molecule has 0 aromatic heterocycles. The van der Waals surface area contributed by atoms with Crippen molar-refractivity contribution in [2.75, 3.05) is 20.4 Å². The van der Waals surface area contributed by atoms with Gasteiger partial charge >= 0.3 is 0 Å². The van der Waals surface area contributed by atoms with E-state index in [1.165, 1.54) is 0 Å². The minimum Gasteiger partial charge on any atom is -0.372 e. The van der Waals surface area contributed by atoms with Crippen molar-refractivity contribution in [1.29, 1.82) is 10.5 Å². The first-order valence-electron chi connectivity index (χ1n) is 6.08. The molecule has 0 heterocycles. The van der Waals surface area contributed by atoms with Gasteiger partial charge in [-0.15, -0.1) is 11.8 Å². The molecule has 0 unspecified atom stereocenters. The molecule has 0 radical (unpaired) electrons. The highest BCUT2D eigenvalue weighted by Crippen LogP contribution is 2.26. The monoisotopic (exact) mass is 283 g/mol. The standard InChI is InChI=1S/C16H17N3S/c1-12-5-7-13(8-6-12)15(14(10-17)11-18)9-16(20-4)19(2)3/h5-9H,1-4H3/b16-9-. The molecule has 20 heavy (non-hydrogen) atoms. The minimum absolute atomic E-state index is 0.127. The Morgan fingerprint density at radius 3 is 2.10 bits per heavy atom. The Labute approximate surface area is 124 Å². The fraction of sp³-hybridized carbons (Fsp3) is 0.250. The number of nitrogens with zero attached hydrogens (tertiary/aromatic N) is 3. The molecule has 0 aliphatic carbocycles. The van der Waals surface area contributed by atoms with E-state index in [0.717, 1.165) is 16.2 Å². The van der Waals surface area contributed by atoms with Gasteiger partial charge in [-0.3, -0.25) is 0 Å². The van der Waals surface area contributed by atoms with E-state index in [1.54, 1.807) is 11.8 Å². The number of allylic oxidation sites excluding steroid dienone is 3. The molecule has 0 atom stereocenters. The number of benzene rings is 1. The molecule has 0 aliphatic heterocycles. The Bertz CT molecular complexity index is 595. The zero-order valence-corrected chi connectivity index (χ0v) is 13.0. The van der Waals surface area contributed by atoms with Gasteiger partial charge in [0.15, 0.2) is 0 Å². The van der Waals surface area contributed by atoms with Crippen LogP contribution in [-0.4, -0.2) is 25.3 Å². The van der Waals surface area contributed by atoms with Gasteiger partial charge in [0, 0.05) is 19.7 Å². The van der Waals surface area contributed by atoms with Gasteiger partial charge in [-0.1, -0.05) is 29.8 Å². The average Bonchev–Trinajstić information content (AvgIpc) is 2.44. The van der Waals surface area contributed by atoms with Crippen molar-refractivity contribution in [2.45, 2.75) is 6.92 Å². The van der Waals surface area contributed by atoms with E-state index < -0.39 is 0 Å². The van der Waals surface area contributed by atoms with Gasteiger partial charge in [-0.25, -0.2) is 0 Å². The van der Waals surface area contributed by atoms with Crippen LogP contribution in [0, 0.1) is 29.6 Å². The van der Waals surface area contributed by atoms with Gasteiger partial charge < -0.3 is 4.90 Å². The number of rotatable bonds is 4. The summed E-state index contributed by atoms with van der Waals surface area (Å²) in [5.41, 5.74) is 2.81. The van der Waals surface area contributed by atoms with Gasteiger partial charge in [-0.2, -0.15) is 10.5 Å². The number of hydrogen-bond acceptors (Lipinski definition) is 4. The zero-order chi connectivity index (χ0) is 15.1. The van der Waals surface area contributed by atoms with Crippen LogP contribution >= 0.6 is 11.8 Å². The third kappa shape index (κ3) is 3.91. The third-order valence-electron chi connectivity index (χ3n) is 2.77. The van der Waals surface area contributed by atoms with E-state index in [2.05, 4.69) is 0 Å². The summed E-state index contributed by atoms with van der Waals surface area (Å²) in [4.78, 5) is 1.96. The van der Waals surface area contributed by atoms with E-state index in [4.69, 9.17) is 10.5 Å². The fourth-order valence-corrected chi connectivity index (χ4v) is 2.27. The summed E-state index contributed by atoms with van der Waals surface area (Å²) in [6.45, 7) is 2.01. The molecular formula is C16H17N3S. The maximum Gasteiger partial charge on any atom is 0.137 e. The largest absolute Gasteiger partial charge is 0.372 e. The first-order chi connectivity index (χ1) is 9.53. The van der Waals surface area contributed by atoms with Gasteiger partial charge in [-0.05, 0) is 24.8 Å². The molecule has 0 spiro atoms. The molecule has 0 saturated heterocycles. The topological polar surface area (TPSA) is 50.8 Å². The summed E-state index contributed by atoms with van der Waals surface area (Å²) < 4.78 is 0. The predicted octanol–water partition coefficient (Wildman–Crippen LogP) is 3.56. The maximum atomic E-state index is 9.16. The molecule has 0 saturated carbocycles. The Morgan fingerprint density at radius 1 is 1.15 bits per heavy atom. The Hall–Kier alpha value is -2.17. The minimum atomic E-state index is 0.127. The van der Waals surface area contributed by atoms with Crippen LogP contribution in [0.4, 0.5) is 0 Å². The quantitative estimate of drug-likeness (QED) is 0.626. The van der Waals surface area contributed by atoms with E-state index in [-0.39, 0.29) is 5.57 Å². The number of aryl methyl sites for hydroxylation is 1. The summed E-state index contributed by atoms with van der Waals surface area (Å²) in [7, 11) is 3.88. The number of hydrogen-bond donors (Lipinski definition) is 0. The lowest BCUT2D eigenvalue weighted by atomic mass is 10.00. The average molecular weight is 283 g/mol. The lowest BCUT2D eigenvalue weighted by molar-refractivity contribution is 0.551. The fourth-order valence-electron chi connectivity index (χ4n) is 1.67. The highest BCUT2D eigenvalue weighted by molar-refractivity contribution is 8.02. The molecule has 0 aliphatic rings. The van der Waals surface area contributed by atoms with Crippen LogP contribution < -0.4 is 0 Å². The summed E-state index contributed by atoms with van der Waals surface area (Å²) in [6.07, 6.45) is 3.86. The molecule has 4 heteroatoms. The van der Waals surface area contributed by atoms with Crippen molar-refractivity contribution in [2.24, 2.45) is 0 Å². The normalized spacial score (nSPS) is 10.4. The third-order valence-corrected chi connectivity index (χ3v) is 3.67. The van der Waals surface area contributed by atoms with Crippen molar-refractivity contribution in [3.8, 4) is 12.1 Å². The molecule has 0 N–H and O–H groups in total. The van der Waals surface area contributed by atoms with Crippen molar-refractivity contribution < 1.29 is 0 Å². The van der Waals surface area contributed by atoms with Crippen molar-refractivity contribution in [3.63, 3.8) is 0 Å². The van der Waals surface area contributed by atoms with Crippen LogP contribution in [0.3, 0.4) is 0 Å². The lowest BCUT2D eigenvalue weighted by Gasteiger charge is -2.16. The van der Waals surface area contributed by atoms with Gasteiger partial charge in [0.05, 0.1) is 5.03 Å². The summed E-state index contributed by atoms with van der Waals surface area (Å²) >= 11 is 1.58. The maximum absolute atomic E-state index is 9.16. The van der Waals surface area contributed by atoms with Crippen LogP contribution in [0.25, 0.3) is 5.57 Å². The highest BCUT2D eigenvalue weighted by atomic mass is 32.2. The SMILES string of the molecule is CS/C(=C\C(=C(C#N)C#N)c1ccc(C)cc1)N(C)C. The highest BCUT2D eigenvalue weighted by Gasteiger charge is 2.09. The number of thioether (sulfide) groups is 1. The first kappa shape index (κ1) is 15.9. The van der Waals surface area contributed by atoms with E-state index >= 15 is 0 Å². The molecule has 0 fully saturated rings. The Balaban J connectivity index is 3.47. The molecule has 1 rings (SSSR count). The second-order valence-electron chi connectivity index (χ2n) is 4.46. The van der Waals surface area contributed by atoms with Gasteiger partial charge in [0.2, 0.25) is 0 Å². The zero-order valence-electron chi connectivity index (χ0n) is 12.1. The first-order valence-corrected chi connectivity index (χ1v) is 7.30. The van der Waals surface area contributed by atoms with Crippen LogP contribution in [0.2, 0.25) is 0 Å². The molecule has 0 amide bonds. The summed E-state index contributed by atoms with van der Waals surface area (Å²) in [5, 5.41) is 19.3. The van der Waals surface area contributed by atoms with Crippen LogP contribution in [-0.2, 0) is 0 Å². The molecular weight excluding hydrogens is 266 g/mol. The molecule has 3 nitrogen and oxygen atoms in total. The lowest BCUT2D eigenvalue weighted by Crippen LogP contribution is -2.08. The number of nitriles is 2. The second-order valence-corrected chi connectivity index (χ2v) is 5.29. The van der Waals surface area contributed by atoms with Crippen molar-refractivity contribution in [1.82, 2.24) is 4.90 Å². The Morgan fingerprint density at radius 2 is 1.70 bits per heavy atom.